The van der Waals surface area contributed by atoms with Gasteiger partial charge in [0.15, 0.2) is 5.78 Å². The second kappa shape index (κ2) is 5.26. The molecular formula is C15H13F2NO. The number of ketones is 1. The van der Waals surface area contributed by atoms with Gasteiger partial charge in [-0.2, -0.15) is 0 Å². The van der Waals surface area contributed by atoms with Crippen molar-refractivity contribution in [3.8, 4) is 0 Å². The lowest BCUT2D eigenvalue weighted by atomic mass is 9.97. The first-order valence-corrected chi connectivity index (χ1v) is 5.98. The van der Waals surface area contributed by atoms with Crippen LogP contribution in [0.15, 0.2) is 30.6 Å². The molecule has 2 aromatic rings. The fourth-order valence-electron chi connectivity index (χ4n) is 1.93. The van der Waals surface area contributed by atoms with Crippen LogP contribution in [-0.4, -0.2) is 10.8 Å². The summed E-state index contributed by atoms with van der Waals surface area (Å²) < 4.78 is 27.7. The molecule has 19 heavy (non-hydrogen) atoms. The molecule has 0 saturated heterocycles. The average Bonchev–Trinajstić information content (AvgIpc) is 2.43. The third-order valence-electron chi connectivity index (χ3n) is 3.04. The Hall–Kier alpha value is -2.10. The van der Waals surface area contributed by atoms with E-state index in [1.165, 1.54) is 25.3 Å². The molecule has 2 rings (SSSR count). The summed E-state index contributed by atoms with van der Waals surface area (Å²) in [6.45, 7) is 3.36. The van der Waals surface area contributed by atoms with Crippen molar-refractivity contribution in [2.24, 2.45) is 0 Å². The summed E-state index contributed by atoms with van der Waals surface area (Å²) in [5, 5.41) is 0. The van der Waals surface area contributed by atoms with E-state index in [4.69, 9.17) is 0 Å². The number of carbonyl (C=O) groups excluding carboxylic acids is 1. The number of halogens is 2. The van der Waals surface area contributed by atoms with Crippen LogP contribution in [0.1, 0.15) is 34.0 Å². The molecule has 98 valence electrons. The van der Waals surface area contributed by atoms with Gasteiger partial charge in [0, 0.05) is 18.0 Å². The molecule has 0 radical (unpaired) electrons. The molecule has 1 aromatic heterocycles. The summed E-state index contributed by atoms with van der Waals surface area (Å²) in [6.07, 6.45) is 3.56. The molecule has 2 nitrogen and oxygen atoms in total. The van der Waals surface area contributed by atoms with Crippen LogP contribution in [-0.2, 0) is 6.42 Å². The number of carbonyl (C=O) groups is 1. The van der Waals surface area contributed by atoms with Gasteiger partial charge in [0.25, 0.3) is 0 Å². The van der Waals surface area contributed by atoms with Gasteiger partial charge in [-0.3, -0.25) is 9.78 Å². The minimum absolute atomic E-state index is 0.247. The van der Waals surface area contributed by atoms with Crippen LogP contribution in [0.25, 0.3) is 0 Å². The van der Waals surface area contributed by atoms with Crippen LogP contribution in [0.4, 0.5) is 8.78 Å². The summed E-state index contributed by atoms with van der Waals surface area (Å²) >= 11 is 0. The Bertz CT molecular complexity index is 638. The van der Waals surface area contributed by atoms with Crippen molar-refractivity contribution in [2.75, 3.05) is 0 Å². The Balaban J connectivity index is 2.60. The summed E-state index contributed by atoms with van der Waals surface area (Å²) in [4.78, 5) is 16.2. The first-order valence-electron chi connectivity index (χ1n) is 5.98. The molecule has 4 heteroatoms. The highest BCUT2D eigenvalue weighted by molar-refractivity contribution is 6.10. The first-order chi connectivity index (χ1) is 9.06. The number of aryl methyl sites for hydroxylation is 2. The largest absolute Gasteiger partial charge is 0.288 e. The van der Waals surface area contributed by atoms with Crippen LogP contribution >= 0.6 is 0 Å². The number of rotatable bonds is 3. The topological polar surface area (TPSA) is 30.0 Å². The lowest BCUT2D eigenvalue weighted by Gasteiger charge is -2.09. The molecule has 1 aromatic carbocycles. The van der Waals surface area contributed by atoms with Gasteiger partial charge in [0.05, 0.1) is 5.56 Å². The maximum absolute atomic E-state index is 14.0. The van der Waals surface area contributed by atoms with Crippen LogP contribution in [0.5, 0.6) is 0 Å². The SMILES string of the molecule is CCc1cnccc1C(=O)c1c(F)ccc(C)c1F. The van der Waals surface area contributed by atoms with Crippen LogP contribution in [0, 0.1) is 18.6 Å². The molecule has 0 unspecified atom stereocenters. The number of nitrogens with zero attached hydrogens (tertiary/aromatic N) is 1. The van der Waals surface area contributed by atoms with Gasteiger partial charge < -0.3 is 0 Å². The van der Waals surface area contributed by atoms with Crippen LogP contribution in [0.2, 0.25) is 0 Å². The number of hydrogen-bond acceptors (Lipinski definition) is 2. The van der Waals surface area contributed by atoms with Gasteiger partial charge in [-0.05, 0) is 36.6 Å². The van der Waals surface area contributed by atoms with Gasteiger partial charge in [0.2, 0.25) is 0 Å². The van der Waals surface area contributed by atoms with Crippen molar-refractivity contribution in [3.05, 3.63) is 64.5 Å². The Morgan fingerprint density at radius 1 is 1.26 bits per heavy atom. The molecule has 0 spiro atoms. The molecule has 1 heterocycles. The van der Waals surface area contributed by atoms with Crippen molar-refractivity contribution in [1.29, 1.82) is 0 Å². The standard InChI is InChI=1S/C15H13F2NO/c1-3-10-8-18-7-6-11(10)15(19)13-12(16)5-4-9(2)14(13)17/h4-8H,3H2,1-2H3. The molecular weight excluding hydrogens is 248 g/mol. The zero-order valence-electron chi connectivity index (χ0n) is 10.7. The lowest BCUT2D eigenvalue weighted by Crippen LogP contribution is -2.11. The number of benzene rings is 1. The highest BCUT2D eigenvalue weighted by Crippen LogP contribution is 2.21. The smallest absolute Gasteiger partial charge is 0.199 e. The lowest BCUT2D eigenvalue weighted by molar-refractivity contribution is 0.103. The summed E-state index contributed by atoms with van der Waals surface area (Å²) in [5.74, 6) is -2.28. The fraction of sp³-hybridized carbons (Fsp3) is 0.200. The summed E-state index contributed by atoms with van der Waals surface area (Å²) in [6, 6.07) is 3.91. The number of hydrogen-bond donors (Lipinski definition) is 0. The Labute approximate surface area is 110 Å². The fourth-order valence-corrected chi connectivity index (χ4v) is 1.93. The molecule has 0 fully saturated rings. The van der Waals surface area contributed by atoms with Crippen molar-refractivity contribution < 1.29 is 13.6 Å². The maximum atomic E-state index is 14.0. The molecule has 0 saturated carbocycles. The third-order valence-corrected chi connectivity index (χ3v) is 3.04. The Morgan fingerprint density at radius 3 is 2.68 bits per heavy atom. The Kier molecular flexibility index (Phi) is 3.69. The predicted octanol–water partition coefficient (Wildman–Crippen LogP) is 3.46. The van der Waals surface area contributed by atoms with Crippen LogP contribution < -0.4 is 0 Å². The van der Waals surface area contributed by atoms with E-state index in [0.717, 1.165) is 6.07 Å². The minimum atomic E-state index is -0.841. The van der Waals surface area contributed by atoms with Gasteiger partial charge >= 0.3 is 0 Å². The van der Waals surface area contributed by atoms with E-state index >= 15 is 0 Å². The van der Waals surface area contributed by atoms with E-state index in [-0.39, 0.29) is 5.56 Å². The van der Waals surface area contributed by atoms with E-state index in [1.807, 2.05) is 6.92 Å². The molecule has 0 aliphatic carbocycles. The normalized spacial score (nSPS) is 10.5. The quantitative estimate of drug-likeness (QED) is 0.792. The average molecular weight is 261 g/mol. The molecule has 0 aliphatic rings. The molecule has 0 N–H and O–H groups in total. The van der Waals surface area contributed by atoms with Gasteiger partial charge in [-0.25, -0.2) is 8.78 Å². The van der Waals surface area contributed by atoms with Gasteiger partial charge in [0.1, 0.15) is 11.6 Å². The monoisotopic (exact) mass is 261 g/mol. The Morgan fingerprint density at radius 2 is 2.00 bits per heavy atom. The van der Waals surface area contributed by atoms with Crippen molar-refractivity contribution in [2.45, 2.75) is 20.3 Å². The van der Waals surface area contributed by atoms with E-state index in [0.29, 0.717) is 17.5 Å². The van der Waals surface area contributed by atoms with E-state index < -0.39 is 23.0 Å². The molecule has 0 bridgehead atoms. The van der Waals surface area contributed by atoms with Crippen molar-refractivity contribution in [1.82, 2.24) is 4.98 Å². The van der Waals surface area contributed by atoms with E-state index in [2.05, 4.69) is 4.98 Å². The van der Waals surface area contributed by atoms with Crippen molar-refractivity contribution >= 4 is 5.78 Å². The van der Waals surface area contributed by atoms with Crippen LogP contribution in [0.3, 0.4) is 0 Å². The second-order valence-electron chi connectivity index (χ2n) is 4.27. The maximum Gasteiger partial charge on any atom is 0.199 e. The molecule has 0 amide bonds. The highest BCUT2D eigenvalue weighted by Gasteiger charge is 2.22. The number of aromatic nitrogens is 1. The highest BCUT2D eigenvalue weighted by atomic mass is 19.1. The van der Waals surface area contributed by atoms with E-state index in [1.54, 1.807) is 6.20 Å². The summed E-state index contributed by atoms with van der Waals surface area (Å²) in [7, 11) is 0. The zero-order valence-corrected chi connectivity index (χ0v) is 10.7. The summed E-state index contributed by atoms with van der Waals surface area (Å²) in [5.41, 5.74) is 0.714. The zero-order chi connectivity index (χ0) is 14.0. The van der Waals surface area contributed by atoms with Crippen molar-refractivity contribution in [3.63, 3.8) is 0 Å². The van der Waals surface area contributed by atoms with E-state index in [9.17, 15) is 13.6 Å². The number of pyridine rings is 1. The second-order valence-corrected chi connectivity index (χ2v) is 4.27. The van der Waals surface area contributed by atoms with Gasteiger partial charge in [-0.1, -0.05) is 13.0 Å². The predicted molar refractivity (Wildman–Crippen MR) is 68.1 cm³/mol. The third kappa shape index (κ3) is 2.38. The molecule has 0 aliphatic heterocycles. The van der Waals surface area contributed by atoms with Gasteiger partial charge in [-0.15, -0.1) is 0 Å². The molecule has 0 atom stereocenters. The first kappa shape index (κ1) is 13.3. The minimum Gasteiger partial charge on any atom is -0.288 e.